The van der Waals surface area contributed by atoms with E-state index < -0.39 is 66.8 Å². The molecule has 21 heteroatoms. The third-order valence-corrected chi connectivity index (χ3v) is 15.5. The highest BCUT2D eigenvalue weighted by molar-refractivity contribution is 7.89. The lowest BCUT2D eigenvalue weighted by molar-refractivity contribution is 0.0179. The SMILES string of the molecule is CCCCCCCCCCS(=O)(=O)NCCCN(CCCNS(=O)(=O)CCCCCCCCCC)CCCN(CCCN(CCCCN(CCCNC(=O)OC(C)(C)C)C(=O)OC(C)(C)C)C(=O)OC(C)(C)C)C(=O)OC(C)(C)C. The molecule has 0 saturated carbocycles. The predicted octanol–water partition coefficient (Wildman–Crippen LogP) is 12.4. The van der Waals surface area contributed by atoms with Crippen LogP contribution >= 0.6 is 0 Å². The number of hydrogen-bond donors (Lipinski definition) is 3. The van der Waals surface area contributed by atoms with Crippen LogP contribution < -0.4 is 14.8 Å². The standard InChI is InChI=1S/C59H119N7O12S2/c1-15-17-19-21-23-25-27-31-50-79(71,72)61-39-34-41-63(42-35-40-62-80(73,74)51-32-28-26-24-22-20-18-16-2)43-36-47-66(55(70)78-59(12,13)14)49-37-48-65(54(69)77-58(9,10)11)45-30-29-44-64(53(68)76-57(6,7)8)46-33-38-60-52(67)75-56(3,4)5/h61-62H,15-51H2,1-14H3,(H,60,67). The van der Waals surface area contributed by atoms with Crippen molar-refractivity contribution in [3.05, 3.63) is 0 Å². The van der Waals surface area contributed by atoms with Gasteiger partial charge >= 0.3 is 24.4 Å². The third kappa shape index (κ3) is 47.4. The van der Waals surface area contributed by atoms with Crippen molar-refractivity contribution in [1.29, 1.82) is 0 Å². The minimum atomic E-state index is -3.42. The molecule has 0 aliphatic rings. The van der Waals surface area contributed by atoms with Gasteiger partial charge < -0.3 is 43.9 Å². The average molecular weight is 1180 g/mol. The van der Waals surface area contributed by atoms with Crippen LogP contribution in [0.4, 0.5) is 19.2 Å². The van der Waals surface area contributed by atoms with Gasteiger partial charge in [-0.15, -0.1) is 0 Å². The van der Waals surface area contributed by atoms with Crippen LogP contribution in [-0.4, -0.2) is 173 Å². The van der Waals surface area contributed by atoms with Crippen molar-refractivity contribution in [3.8, 4) is 0 Å². The second-order valence-corrected chi connectivity index (χ2v) is 29.4. The van der Waals surface area contributed by atoms with E-state index in [4.69, 9.17) is 18.9 Å². The fourth-order valence-electron chi connectivity index (χ4n) is 8.57. The molecule has 80 heavy (non-hydrogen) atoms. The maximum absolute atomic E-state index is 13.8. The van der Waals surface area contributed by atoms with Crippen LogP contribution in [-0.2, 0) is 39.0 Å². The first-order valence-corrected chi connectivity index (χ1v) is 34.1. The minimum Gasteiger partial charge on any atom is -0.444 e. The largest absolute Gasteiger partial charge is 0.444 e. The molecule has 0 rings (SSSR count). The summed E-state index contributed by atoms with van der Waals surface area (Å²) in [6.45, 7) is 30.6. The average Bonchev–Trinajstić information content (AvgIpc) is 3.31. The van der Waals surface area contributed by atoms with E-state index >= 15 is 0 Å². The van der Waals surface area contributed by atoms with E-state index in [1.807, 2.05) is 20.8 Å². The number of carbonyl (C=O) groups excluding carboxylic acids is 4. The summed E-state index contributed by atoms with van der Waals surface area (Å²) in [5, 5.41) is 2.74. The zero-order chi connectivity index (χ0) is 60.7. The van der Waals surface area contributed by atoms with Gasteiger partial charge in [0.2, 0.25) is 20.0 Å². The van der Waals surface area contributed by atoms with Crippen LogP contribution in [0.25, 0.3) is 0 Å². The Hall–Kier alpha value is -3.14. The van der Waals surface area contributed by atoms with Gasteiger partial charge in [0.15, 0.2) is 0 Å². The molecule has 0 heterocycles. The molecule has 4 amide bonds. The molecule has 474 valence electrons. The molecule has 0 spiro atoms. The molecule has 19 nitrogen and oxygen atoms in total. The fraction of sp³-hybridized carbons (Fsp3) is 0.932. The minimum absolute atomic E-state index is 0.106. The lowest BCUT2D eigenvalue weighted by atomic mass is 10.1. The highest BCUT2D eigenvalue weighted by atomic mass is 32.2. The van der Waals surface area contributed by atoms with Gasteiger partial charge in [0.25, 0.3) is 0 Å². The first-order valence-electron chi connectivity index (χ1n) is 30.8. The smallest absolute Gasteiger partial charge is 0.410 e. The van der Waals surface area contributed by atoms with E-state index in [0.717, 1.165) is 38.5 Å². The normalized spacial score (nSPS) is 12.6. The number of amides is 4. The summed E-state index contributed by atoms with van der Waals surface area (Å²) in [6.07, 6.45) is 18.8. The van der Waals surface area contributed by atoms with Crippen molar-refractivity contribution < 1.29 is 55.0 Å². The van der Waals surface area contributed by atoms with Gasteiger partial charge in [-0.25, -0.2) is 45.5 Å². The number of hydrogen-bond acceptors (Lipinski definition) is 13. The Morgan fingerprint density at radius 2 is 0.613 bits per heavy atom. The van der Waals surface area contributed by atoms with Crippen LogP contribution in [0.2, 0.25) is 0 Å². The highest BCUT2D eigenvalue weighted by Crippen LogP contribution is 2.17. The maximum Gasteiger partial charge on any atom is 0.410 e. The van der Waals surface area contributed by atoms with Gasteiger partial charge in [-0.3, -0.25) is 0 Å². The van der Waals surface area contributed by atoms with E-state index in [2.05, 4.69) is 33.5 Å². The van der Waals surface area contributed by atoms with Crippen LogP contribution in [0, 0.1) is 0 Å². The molecule has 0 bridgehead atoms. The van der Waals surface area contributed by atoms with Crippen LogP contribution in [0.3, 0.4) is 0 Å². The van der Waals surface area contributed by atoms with Crippen molar-refractivity contribution in [2.24, 2.45) is 0 Å². The van der Waals surface area contributed by atoms with Gasteiger partial charge in [0.05, 0.1) is 11.5 Å². The summed E-state index contributed by atoms with van der Waals surface area (Å²) < 4.78 is 79.9. The van der Waals surface area contributed by atoms with Crippen molar-refractivity contribution in [3.63, 3.8) is 0 Å². The molecule has 0 fully saturated rings. The van der Waals surface area contributed by atoms with Gasteiger partial charge in [-0.1, -0.05) is 104 Å². The van der Waals surface area contributed by atoms with Crippen LogP contribution in [0.15, 0.2) is 0 Å². The third-order valence-electron chi connectivity index (χ3n) is 12.6. The number of ether oxygens (including phenoxy) is 4. The summed E-state index contributed by atoms with van der Waals surface area (Å²) in [7, 11) is -6.83. The number of nitrogens with zero attached hydrogens (tertiary/aromatic N) is 4. The molecule has 0 aromatic heterocycles. The molecular weight excluding hydrogens is 1060 g/mol. The molecule has 3 N–H and O–H groups in total. The van der Waals surface area contributed by atoms with E-state index in [1.54, 1.807) is 77.0 Å². The Kier molecular flexibility index (Phi) is 40.1. The number of sulfonamides is 2. The van der Waals surface area contributed by atoms with E-state index in [1.165, 1.54) is 51.4 Å². The molecular formula is C59H119N7O12S2. The molecule has 0 aromatic carbocycles. The maximum atomic E-state index is 13.8. The molecule has 0 atom stereocenters. The van der Waals surface area contributed by atoms with Gasteiger partial charge in [-0.05, 0) is 161 Å². The van der Waals surface area contributed by atoms with Crippen molar-refractivity contribution in [2.45, 2.75) is 267 Å². The van der Waals surface area contributed by atoms with E-state index in [-0.39, 0.29) is 31.1 Å². The van der Waals surface area contributed by atoms with E-state index in [0.29, 0.717) is 117 Å². The summed E-state index contributed by atoms with van der Waals surface area (Å²) in [6, 6.07) is 0. The first kappa shape index (κ1) is 76.9. The summed E-state index contributed by atoms with van der Waals surface area (Å²) in [5.74, 6) is 0.212. The van der Waals surface area contributed by atoms with Crippen LogP contribution in [0.5, 0.6) is 0 Å². The zero-order valence-corrected chi connectivity index (χ0v) is 54.8. The Bertz CT molecular complexity index is 1820. The van der Waals surface area contributed by atoms with Gasteiger partial charge in [0.1, 0.15) is 22.4 Å². The van der Waals surface area contributed by atoms with Crippen LogP contribution in [0.1, 0.15) is 245 Å². The second-order valence-electron chi connectivity index (χ2n) is 25.5. The first-order chi connectivity index (χ1) is 37.3. The second kappa shape index (κ2) is 41.8. The number of unbranched alkanes of at least 4 members (excludes halogenated alkanes) is 15. The number of rotatable bonds is 45. The molecule has 0 saturated heterocycles. The number of alkyl carbamates (subject to hydrolysis) is 1. The Morgan fingerprint density at radius 3 is 0.950 bits per heavy atom. The summed E-state index contributed by atoms with van der Waals surface area (Å²) >= 11 is 0. The quantitative estimate of drug-likeness (QED) is 0.0382. The molecule has 0 aromatic rings. The Labute approximate surface area is 488 Å². The summed E-state index contributed by atoms with van der Waals surface area (Å²) in [5.41, 5.74) is -2.85. The monoisotopic (exact) mass is 1180 g/mol. The molecule has 0 aliphatic heterocycles. The summed E-state index contributed by atoms with van der Waals surface area (Å²) in [4.78, 5) is 60.0. The van der Waals surface area contributed by atoms with Gasteiger partial charge in [-0.2, -0.15) is 0 Å². The lowest BCUT2D eigenvalue weighted by Crippen LogP contribution is -2.42. The molecule has 0 radical (unpaired) electrons. The number of carbonyl (C=O) groups is 4. The lowest BCUT2D eigenvalue weighted by Gasteiger charge is -2.31. The highest BCUT2D eigenvalue weighted by Gasteiger charge is 2.27. The number of nitrogens with one attached hydrogen (secondary N) is 3. The Balaban J connectivity index is 5.93. The predicted molar refractivity (Wildman–Crippen MR) is 325 cm³/mol. The Morgan fingerprint density at radius 1 is 0.338 bits per heavy atom. The molecule has 0 aliphatic carbocycles. The van der Waals surface area contributed by atoms with Crippen molar-refractivity contribution >= 4 is 44.4 Å². The fourth-order valence-corrected chi connectivity index (χ4v) is 10.9. The zero-order valence-electron chi connectivity index (χ0n) is 53.2. The van der Waals surface area contributed by atoms with Gasteiger partial charge in [0, 0.05) is 58.9 Å². The van der Waals surface area contributed by atoms with E-state index in [9.17, 15) is 36.0 Å². The van der Waals surface area contributed by atoms with Crippen molar-refractivity contribution in [1.82, 2.24) is 34.4 Å². The van der Waals surface area contributed by atoms with Crippen molar-refractivity contribution in [2.75, 3.05) is 90.0 Å². The topological polar surface area (TPSA) is 223 Å². The molecule has 0 unspecified atom stereocenters.